The summed E-state index contributed by atoms with van der Waals surface area (Å²) in [7, 11) is 0. The average Bonchev–Trinajstić information content (AvgIpc) is 2.97. The zero-order valence-corrected chi connectivity index (χ0v) is 15.9. The molecule has 2 aromatic rings. The summed E-state index contributed by atoms with van der Waals surface area (Å²) in [5.41, 5.74) is 6.23. The van der Waals surface area contributed by atoms with E-state index in [1.54, 1.807) is 30.3 Å². The SMILES string of the molecule is C[C@H](OC(=O)c1cc2c(s1)CCCCC2)C(=O)NNC(=O)c1ccccc1. The molecule has 3 rings (SSSR count). The predicted octanol–water partition coefficient (Wildman–Crippen LogP) is 3.02. The van der Waals surface area contributed by atoms with Gasteiger partial charge in [0.1, 0.15) is 4.88 Å². The topological polar surface area (TPSA) is 84.5 Å². The van der Waals surface area contributed by atoms with Gasteiger partial charge in [-0.2, -0.15) is 0 Å². The number of hydrogen-bond acceptors (Lipinski definition) is 5. The fourth-order valence-electron chi connectivity index (χ4n) is 2.92. The van der Waals surface area contributed by atoms with E-state index >= 15 is 0 Å². The lowest BCUT2D eigenvalue weighted by Gasteiger charge is -2.13. The van der Waals surface area contributed by atoms with Crippen LogP contribution in [-0.2, 0) is 22.4 Å². The first-order valence-electron chi connectivity index (χ1n) is 9.02. The van der Waals surface area contributed by atoms with Crippen LogP contribution in [0.15, 0.2) is 36.4 Å². The van der Waals surface area contributed by atoms with Gasteiger partial charge in [-0.25, -0.2) is 4.79 Å². The molecule has 1 aromatic heterocycles. The van der Waals surface area contributed by atoms with E-state index in [4.69, 9.17) is 4.74 Å². The number of carbonyl (C=O) groups is 3. The van der Waals surface area contributed by atoms with Gasteiger partial charge in [-0.3, -0.25) is 20.4 Å². The Morgan fingerprint density at radius 2 is 1.78 bits per heavy atom. The standard InChI is InChI=1S/C20H22N2O4S/c1-13(18(23)21-22-19(24)14-8-4-2-5-9-14)26-20(25)17-12-15-10-6-3-7-11-16(15)27-17/h2,4-5,8-9,12-13H,3,6-7,10-11H2,1H3,(H,21,23)(H,22,24)/t13-/m0/s1. The molecule has 0 radical (unpaired) electrons. The van der Waals surface area contributed by atoms with Crippen LogP contribution in [0.1, 0.15) is 56.7 Å². The fourth-order valence-corrected chi connectivity index (χ4v) is 4.06. The van der Waals surface area contributed by atoms with E-state index in [2.05, 4.69) is 10.9 Å². The Balaban J connectivity index is 1.52. The van der Waals surface area contributed by atoms with Crippen molar-refractivity contribution >= 4 is 29.1 Å². The van der Waals surface area contributed by atoms with E-state index in [1.165, 1.54) is 35.1 Å². The number of nitrogens with one attached hydrogen (secondary N) is 2. The third kappa shape index (κ3) is 4.95. The first-order valence-corrected chi connectivity index (χ1v) is 9.84. The number of hydrazine groups is 1. The summed E-state index contributed by atoms with van der Waals surface area (Å²) in [5.74, 6) is -1.54. The molecule has 1 aliphatic carbocycles. The Morgan fingerprint density at radius 1 is 1.04 bits per heavy atom. The van der Waals surface area contributed by atoms with Gasteiger partial charge in [0.05, 0.1) is 0 Å². The van der Waals surface area contributed by atoms with Crippen molar-refractivity contribution in [3.05, 3.63) is 57.3 Å². The van der Waals surface area contributed by atoms with Gasteiger partial charge in [0.25, 0.3) is 11.8 Å². The predicted molar refractivity (Wildman–Crippen MR) is 103 cm³/mol. The largest absolute Gasteiger partial charge is 0.448 e. The van der Waals surface area contributed by atoms with Gasteiger partial charge in [-0.1, -0.05) is 24.6 Å². The molecule has 0 saturated carbocycles. The lowest BCUT2D eigenvalue weighted by atomic mass is 10.1. The van der Waals surface area contributed by atoms with Crippen LogP contribution in [0, 0.1) is 0 Å². The molecule has 1 heterocycles. The maximum absolute atomic E-state index is 12.3. The Bertz CT molecular complexity index is 808. The summed E-state index contributed by atoms with van der Waals surface area (Å²) < 4.78 is 5.25. The minimum Gasteiger partial charge on any atom is -0.448 e. The van der Waals surface area contributed by atoms with Gasteiger partial charge in [-0.05, 0) is 56.4 Å². The lowest BCUT2D eigenvalue weighted by molar-refractivity contribution is -0.129. The summed E-state index contributed by atoms with van der Waals surface area (Å²) in [6, 6.07) is 10.4. The molecule has 0 saturated heterocycles. The van der Waals surface area contributed by atoms with E-state index in [9.17, 15) is 14.4 Å². The lowest BCUT2D eigenvalue weighted by Crippen LogP contribution is -2.46. The number of rotatable bonds is 4. The molecule has 0 aliphatic heterocycles. The van der Waals surface area contributed by atoms with Crippen LogP contribution in [-0.4, -0.2) is 23.9 Å². The Hall–Kier alpha value is -2.67. The van der Waals surface area contributed by atoms with Crippen molar-refractivity contribution in [1.29, 1.82) is 0 Å². The van der Waals surface area contributed by atoms with Crippen LogP contribution >= 0.6 is 11.3 Å². The van der Waals surface area contributed by atoms with Gasteiger partial charge in [0.2, 0.25) is 0 Å². The van der Waals surface area contributed by atoms with Crippen molar-refractivity contribution in [3.63, 3.8) is 0 Å². The van der Waals surface area contributed by atoms with E-state index < -0.39 is 23.9 Å². The number of hydrogen-bond donors (Lipinski definition) is 2. The van der Waals surface area contributed by atoms with Crippen LogP contribution in [0.5, 0.6) is 0 Å². The first-order chi connectivity index (χ1) is 13.0. The number of thiophene rings is 1. The maximum atomic E-state index is 12.3. The van der Waals surface area contributed by atoms with Crippen molar-refractivity contribution < 1.29 is 19.1 Å². The van der Waals surface area contributed by atoms with Crippen molar-refractivity contribution in [1.82, 2.24) is 10.9 Å². The molecule has 142 valence electrons. The van der Waals surface area contributed by atoms with Crippen molar-refractivity contribution in [2.24, 2.45) is 0 Å². The second kappa shape index (κ2) is 8.81. The van der Waals surface area contributed by atoms with E-state index in [-0.39, 0.29) is 0 Å². The third-order valence-corrected chi connectivity index (χ3v) is 5.65. The highest BCUT2D eigenvalue weighted by molar-refractivity contribution is 7.14. The minimum atomic E-state index is -1.02. The van der Waals surface area contributed by atoms with E-state index in [0.29, 0.717) is 10.4 Å². The zero-order valence-electron chi connectivity index (χ0n) is 15.1. The zero-order chi connectivity index (χ0) is 19.2. The minimum absolute atomic E-state index is 0.419. The molecule has 0 bridgehead atoms. The highest BCUT2D eigenvalue weighted by atomic mass is 32.1. The molecule has 0 unspecified atom stereocenters. The number of benzene rings is 1. The van der Waals surface area contributed by atoms with Crippen LogP contribution < -0.4 is 10.9 Å². The number of aryl methyl sites for hydroxylation is 2. The van der Waals surface area contributed by atoms with E-state index in [1.807, 2.05) is 6.07 Å². The average molecular weight is 386 g/mol. The number of esters is 1. The quantitative estimate of drug-likeness (QED) is 0.481. The van der Waals surface area contributed by atoms with Crippen LogP contribution in [0.3, 0.4) is 0 Å². The van der Waals surface area contributed by atoms with E-state index in [0.717, 1.165) is 25.7 Å². The summed E-state index contributed by atoms with van der Waals surface area (Å²) in [4.78, 5) is 38.1. The summed E-state index contributed by atoms with van der Waals surface area (Å²) >= 11 is 1.45. The van der Waals surface area contributed by atoms with Gasteiger partial charge < -0.3 is 4.74 Å². The monoisotopic (exact) mass is 386 g/mol. The molecule has 27 heavy (non-hydrogen) atoms. The molecule has 1 aliphatic rings. The second-order valence-electron chi connectivity index (χ2n) is 6.48. The van der Waals surface area contributed by atoms with Crippen molar-refractivity contribution in [2.45, 2.75) is 45.1 Å². The summed E-state index contributed by atoms with van der Waals surface area (Å²) in [6.07, 6.45) is 4.46. The molecule has 2 N–H and O–H groups in total. The highest BCUT2D eigenvalue weighted by Gasteiger charge is 2.22. The number of amides is 2. The Kier molecular flexibility index (Phi) is 6.24. The molecule has 7 heteroatoms. The van der Waals surface area contributed by atoms with Crippen molar-refractivity contribution in [3.8, 4) is 0 Å². The molecule has 2 amide bonds. The Morgan fingerprint density at radius 3 is 2.56 bits per heavy atom. The van der Waals surface area contributed by atoms with Gasteiger partial charge in [0, 0.05) is 10.4 Å². The van der Waals surface area contributed by atoms with Crippen LogP contribution in [0.2, 0.25) is 0 Å². The fraction of sp³-hybridized carbons (Fsp3) is 0.350. The maximum Gasteiger partial charge on any atom is 0.349 e. The third-order valence-electron chi connectivity index (χ3n) is 4.44. The molecule has 1 atom stereocenters. The van der Waals surface area contributed by atoms with Crippen LogP contribution in [0.25, 0.3) is 0 Å². The number of fused-ring (bicyclic) bond motifs is 1. The van der Waals surface area contributed by atoms with Gasteiger partial charge in [0.15, 0.2) is 6.10 Å². The Labute approximate surface area is 161 Å². The van der Waals surface area contributed by atoms with Gasteiger partial charge >= 0.3 is 5.97 Å². The molecule has 1 aromatic carbocycles. The van der Waals surface area contributed by atoms with Crippen molar-refractivity contribution in [2.75, 3.05) is 0 Å². The first kappa shape index (κ1) is 19.1. The number of ether oxygens (including phenoxy) is 1. The normalized spacial score (nSPS) is 14.4. The molecule has 0 fully saturated rings. The van der Waals surface area contributed by atoms with Gasteiger partial charge in [-0.15, -0.1) is 11.3 Å². The number of carbonyl (C=O) groups excluding carboxylic acids is 3. The molecule has 6 nitrogen and oxygen atoms in total. The molecule has 0 spiro atoms. The smallest absolute Gasteiger partial charge is 0.349 e. The second-order valence-corrected chi connectivity index (χ2v) is 7.61. The molecular formula is C20H22N2O4S. The summed E-state index contributed by atoms with van der Waals surface area (Å²) in [6.45, 7) is 1.47. The van der Waals surface area contributed by atoms with Crippen LogP contribution in [0.4, 0.5) is 0 Å². The summed E-state index contributed by atoms with van der Waals surface area (Å²) in [5, 5.41) is 0. The molecular weight excluding hydrogens is 364 g/mol. The highest BCUT2D eigenvalue weighted by Crippen LogP contribution is 2.29.